The van der Waals surface area contributed by atoms with Gasteiger partial charge in [-0.05, 0) is 12.0 Å². The maximum atomic E-state index is 11.7. The number of benzene rings is 1. The van der Waals surface area contributed by atoms with Crippen molar-refractivity contribution >= 4 is 13.6 Å². The van der Waals surface area contributed by atoms with Crippen molar-refractivity contribution in [3.63, 3.8) is 0 Å². The fraction of sp³-hybridized carbons (Fsp3) is 0.462. The van der Waals surface area contributed by atoms with Crippen LogP contribution in [0.5, 0.6) is 0 Å². The van der Waals surface area contributed by atoms with Gasteiger partial charge in [-0.3, -0.25) is 9.36 Å². The third kappa shape index (κ3) is 6.01. The lowest BCUT2D eigenvalue weighted by Crippen LogP contribution is -2.16. The molecule has 1 rings (SSSR count). The average Bonchev–Trinajstić information content (AvgIpc) is 2.43. The van der Waals surface area contributed by atoms with Gasteiger partial charge in [-0.15, -0.1) is 0 Å². The highest BCUT2D eigenvalue weighted by molar-refractivity contribution is 7.52. The molecule has 0 heterocycles. The summed E-state index contributed by atoms with van der Waals surface area (Å²) in [5, 5.41) is 0. The van der Waals surface area contributed by atoms with Crippen LogP contribution >= 0.6 is 7.60 Å². The quantitative estimate of drug-likeness (QED) is 0.616. The van der Waals surface area contributed by atoms with Crippen LogP contribution in [0.4, 0.5) is 0 Å². The van der Waals surface area contributed by atoms with E-state index in [9.17, 15) is 14.3 Å². The molecule has 1 aromatic carbocycles. The second-order valence-corrected chi connectivity index (χ2v) is 6.41. The van der Waals surface area contributed by atoms with Crippen LogP contribution in [0.1, 0.15) is 18.9 Å². The summed E-state index contributed by atoms with van der Waals surface area (Å²) in [5.41, 5.74) is 0.910. The van der Waals surface area contributed by atoms with Crippen LogP contribution in [-0.2, 0) is 25.2 Å². The molecule has 0 amide bonds. The van der Waals surface area contributed by atoms with Gasteiger partial charge < -0.3 is 14.2 Å². The van der Waals surface area contributed by atoms with Crippen LogP contribution in [0.2, 0.25) is 0 Å². The van der Waals surface area contributed by atoms with Crippen LogP contribution in [-0.4, -0.2) is 24.1 Å². The molecule has 19 heavy (non-hydrogen) atoms. The van der Waals surface area contributed by atoms with E-state index in [1.807, 2.05) is 30.3 Å². The number of esters is 1. The molecule has 1 aromatic rings. The van der Waals surface area contributed by atoms with E-state index in [2.05, 4.69) is 4.52 Å². The summed E-state index contributed by atoms with van der Waals surface area (Å²) in [5.74, 6) is -0.806. The molecule has 0 spiro atoms. The summed E-state index contributed by atoms with van der Waals surface area (Å²) in [7, 11) is -2.37. The number of hydrogen-bond donors (Lipinski definition) is 1. The van der Waals surface area contributed by atoms with Crippen LogP contribution in [0, 0.1) is 5.92 Å². The normalized spacial score (nSPS) is 15.5. The molecular formula is C13H19O5P. The van der Waals surface area contributed by atoms with E-state index < -0.39 is 13.5 Å². The Kier molecular flexibility index (Phi) is 6.22. The molecule has 0 aliphatic heterocycles. The molecule has 0 bridgehead atoms. The van der Waals surface area contributed by atoms with Crippen molar-refractivity contribution in [2.75, 3.05) is 13.3 Å². The molecule has 106 valence electrons. The minimum absolute atomic E-state index is 0.0505. The maximum absolute atomic E-state index is 11.7. The summed E-state index contributed by atoms with van der Waals surface area (Å²) < 4.78 is 20.9. The molecule has 6 heteroatoms. The van der Waals surface area contributed by atoms with E-state index in [0.717, 1.165) is 5.56 Å². The summed E-state index contributed by atoms with van der Waals surface area (Å²) in [4.78, 5) is 20.9. The first-order chi connectivity index (χ1) is 8.94. The molecular weight excluding hydrogens is 267 g/mol. The predicted octanol–water partition coefficient (Wildman–Crippen LogP) is 2.59. The van der Waals surface area contributed by atoms with Gasteiger partial charge in [0, 0.05) is 7.11 Å². The van der Waals surface area contributed by atoms with Gasteiger partial charge in [0.25, 0.3) is 0 Å². The minimum Gasteiger partial charge on any atom is -0.461 e. The number of ether oxygens (including phenoxy) is 1. The number of carbonyl (C=O) groups is 1. The van der Waals surface area contributed by atoms with Gasteiger partial charge in [0.2, 0.25) is 0 Å². The third-order valence-corrected chi connectivity index (χ3v) is 4.15. The van der Waals surface area contributed by atoms with E-state index in [0.29, 0.717) is 0 Å². The molecule has 5 nitrogen and oxygen atoms in total. The first kappa shape index (κ1) is 15.9. The zero-order valence-corrected chi connectivity index (χ0v) is 12.0. The van der Waals surface area contributed by atoms with Crippen LogP contribution in [0.3, 0.4) is 0 Å². The van der Waals surface area contributed by atoms with E-state index >= 15 is 0 Å². The summed E-state index contributed by atoms with van der Waals surface area (Å²) in [6.07, 6.45) is 0.209. The summed E-state index contributed by atoms with van der Waals surface area (Å²) in [6, 6.07) is 9.35. The van der Waals surface area contributed by atoms with Gasteiger partial charge in [-0.25, -0.2) is 0 Å². The topological polar surface area (TPSA) is 72.8 Å². The van der Waals surface area contributed by atoms with E-state index in [1.165, 1.54) is 7.11 Å². The molecule has 0 saturated carbocycles. The van der Waals surface area contributed by atoms with Crippen molar-refractivity contribution in [2.24, 2.45) is 5.92 Å². The Balaban J connectivity index is 2.35. The zero-order chi connectivity index (χ0) is 14.3. The molecule has 0 radical (unpaired) electrons. The van der Waals surface area contributed by atoms with Gasteiger partial charge in [-0.1, -0.05) is 37.3 Å². The Morgan fingerprint density at radius 3 is 2.58 bits per heavy atom. The SMILES string of the molecule is COP(=O)(O)CC[C@H](C)C(=O)OCc1ccccc1. The Morgan fingerprint density at radius 2 is 2.00 bits per heavy atom. The summed E-state index contributed by atoms with van der Waals surface area (Å²) >= 11 is 0. The van der Waals surface area contributed by atoms with Crippen molar-refractivity contribution in [3.8, 4) is 0 Å². The molecule has 0 aromatic heterocycles. The Bertz CT molecular complexity index is 446. The van der Waals surface area contributed by atoms with Gasteiger partial charge in [-0.2, -0.15) is 0 Å². The van der Waals surface area contributed by atoms with E-state index in [-0.39, 0.29) is 25.2 Å². The maximum Gasteiger partial charge on any atom is 0.327 e. The van der Waals surface area contributed by atoms with E-state index in [1.54, 1.807) is 6.92 Å². The first-order valence-corrected chi connectivity index (χ1v) is 7.79. The number of carbonyl (C=O) groups excluding carboxylic acids is 1. The fourth-order valence-corrected chi connectivity index (χ4v) is 2.33. The smallest absolute Gasteiger partial charge is 0.327 e. The van der Waals surface area contributed by atoms with Crippen molar-refractivity contribution in [1.29, 1.82) is 0 Å². The largest absolute Gasteiger partial charge is 0.461 e. The molecule has 0 aliphatic carbocycles. The van der Waals surface area contributed by atoms with Crippen molar-refractivity contribution in [2.45, 2.75) is 20.0 Å². The molecule has 0 fully saturated rings. The zero-order valence-electron chi connectivity index (χ0n) is 11.1. The van der Waals surface area contributed by atoms with Gasteiger partial charge in [0.05, 0.1) is 12.1 Å². The lowest BCUT2D eigenvalue weighted by molar-refractivity contribution is -0.149. The Morgan fingerprint density at radius 1 is 1.37 bits per heavy atom. The lowest BCUT2D eigenvalue weighted by atomic mass is 10.1. The van der Waals surface area contributed by atoms with Gasteiger partial charge >= 0.3 is 13.6 Å². The van der Waals surface area contributed by atoms with Crippen molar-refractivity contribution in [1.82, 2.24) is 0 Å². The van der Waals surface area contributed by atoms with Crippen LogP contribution in [0.15, 0.2) is 30.3 Å². The highest BCUT2D eigenvalue weighted by atomic mass is 31.2. The second-order valence-electron chi connectivity index (χ2n) is 4.33. The van der Waals surface area contributed by atoms with Crippen molar-refractivity contribution < 1.29 is 23.5 Å². The molecule has 1 unspecified atom stereocenters. The lowest BCUT2D eigenvalue weighted by Gasteiger charge is -2.13. The van der Waals surface area contributed by atoms with Crippen molar-refractivity contribution in [3.05, 3.63) is 35.9 Å². The average molecular weight is 286 g/mol. The van der Waals surface area contributed by atoms with Gasteiger partial charge in [0.15, 0.2) is 0 Å². The molecule has 1 N–H and O–H groups in total. The highest BCUT2D eigenvalue weighted by Crippen LogP contribution is 2.41. The standard InChI is InChI=1S/C13H19O5P/c1-11(8-9-19(15,16)17-2)13(14)18-10-12-6-4-3-5-7-12/h3-7,11H,8-10H2,1-2H3,(H,15,16)/t11-/m0/s1. The molecule has 0 saturated heterocycles. The van der Waals surface area contributed by atoms with Crippen LogP contribution in [0.25, 0.3) is 0 Å². The number of hydrogen-bond acceptors (Lipinski definition) is 4. The predicted molar refractivity (Wildman–Crippen MR) is 71.7 cm³/mol. The van der Waals surface area contributed by atoms with Crippen LogP contribution < -0.4 is 0 Å². The molecule has 0 aliphatic rings. The van der Waals surface area contributed by atoms with Gasteiger partial charge in [0.1, 0.15) is 6.61 Å². The monoisotopic (exact) mass is 286 g/mol. The Labute approximate surface area is 113 Å². The fourth-order valence-electron chi connectivity index (χ4n) is 1.44. The number of rotatable bonds is 7. The second kappa shape index (κ2) is 7.43. The molecule has 2 atom stereocenters. The first-order valence-electron chi connectivity index (χ1n) is 6.03. The minimum atomic E-state index is -3.55. The highest BCUT2D eigenvalue weighted by Gasteiger charge is 2.22. The summed E-state index contributed by atoms with van der Waals surface area (Å²) in [6.45, 7) is 1.88. The Hall–Kier alpha value is -1.16. The van der Waals surface area contributed by atoms with E-state index in [4.69, 9.17) is 4.74 Å². The third-order valence-electron chi connectivity index (χ3n) is 2.76.